The van der Waals surface area contributed by atoms with Crippen LogP contribution in [0.3, 0.4) is 0 Å². The summed E-state index contributed by atoms with van der Waals surface area (Å²) in [4.78, 5) is 0. The summed E-state index contributed by atoms with van der Waals surface area (Å²) >= 11 is 0. The molecular formula is C11H26NO3Si+. The molecule has 0 atom stereocenters. The molecule has 0 amide bonds. The molecule has 96 valence electrons. The quantitative estimate of drug-likeness (QED) is 0.505. The number of rotatable bonds is 7. The van der Waals surface area contributed by atoms with Gasteiger partial charge in [0.05, 0.1) is 32.2 Å². The Morgan fingerprint density at radius 3 is 1.88 bits per heavy atom. The molecule has 1 rings (SSSR count). The van der Waals surface area contributed by atoms with Gasteiger partial charge in [-0.25, -0.2) is 0 Å². The third-order valence-electron chi connectivity index (χ3n) is 4.01. The highest BCUT2D eigenvalue weighted by molar-refractivity contribution is 6.60. The van der Waals surface area contributed by atoms with Crippen molar-refractivity contribution in [2.45, 2.75) is 25.8 Å². The van der Waals surface area contributed by atoms with E-state index in [1.165, 1.54) is 37.0 Å². The van der Waals surface area contributed by atoms with Crippen LogP contribution in [0, 0.1) is 0 Å². The summed E-state index contributed by atoms with van der Waals surface area (Å²) in [6.07, 6.45) is 2.71. The van der Waals surface area contributed by atoms with Gasteiger partial charge in [-0.1, -0.05) is 0 Å². The van der Waals surface area contributed by atoms with Crippen LogP contribution in [0.25, 0.3) is 0 Å². The van der Waals surface area contributed by atoms with Crippen molar-refractivity contribution in [3.05, 3.63) is 0 Å². The minimum atomic E-state index is -2.36. The Labute approximate surface area is 100 Å². The molecule has 1 aliphatic rings. The van der Waals surface area contributed by atoms with Crippen LogP contribution in [-0.2, 0) is 13.3 Å². The van der Waals surface area contributed by atoms with Crippen molar-refractivity contribution >= 4 is 8.80 Å². The average Bonchev–Trinajstić information content (AvgIpc) is 2.81. The smallest absolute Gasteiger partial charge is 0.377 e. The van der Waals surface area contributed by atoms with Crippen LogP contribution in [0.5, 0.6) is 0 Å². The molecule has 0 aromatic rings. The lowest BCUT2D eigenvalue weighted by atomic mass is 10.4. The highest BCUT2D eigenvalue weighted by Gasteiger charge is 2.42. The van der Waals surface area contributed by atoms with Gasteiger partial charge in [-0.05, 0) is 6.92 Å². The lowest BCUT2D eigenvalue weighted by Crippen LogP contribution is -2.52. The van der Waals surface area contributed by atoms with E-state index in [-0.39, 0.29) is 0 Å². The molecule has 1 fully saturated rings. The maximum Gasteiger partial charge on any atom is 0.505 e. The van der Waals surface area contributed by atoms with E-state index in [1.807, 2.05) is 0 Å². The Hall–Kier alpha value is 0.0569. The number of likely N-dealkylation sites (tertiary alicyclic amines) is 1. The summed E-state index contributed by atoms with van der Waals surface area (Å²) in [7, 11) is 2.72. The first-order chi connectivity index (χ1) is 7.66. The second-order valence-corrected chi connectivity index (χ2v) is 7.67. The number of nitrogens with zero attached hydrogens (tertiary/aromatic N) is 1. The summed E-state index contributed by atoms with van der Waals surface area (Å²) in [5.74, 6) is 0. The third kappa shape index (κ3) is 3.04. The Bertz CT molecular complexity index is 187. The van der Waals surface area contributed by atoms with Gasteiger partial charge in [-0.2, -0.15) is 0 Å². The predicted octanol–water partition coefficient (Wildman–Crippen LogP) is 1.49. The van der Waals surface area contributed by atoms with Crippen molar-refractivity contribution < 1.29 is 17.8 Å². The van der Waals surface area contributed by atoms with Crippen LogP contribution in [0.4, 0.5) is 0 Å². The summed E-state index contributed by atoms with van der Waals surface area (Å²) in [5.41, 5.74) is 0. The fourth-order valence-corrected chi connectivity index (χ4v) is 4.50. The Balaban J connectivity index is 2.53. The van der Waals surface area contributed by atoms with Gasteiger partial charge in [-0.15, -0.1) is 0 Å². The average molecular weight is 248 g/mol. The Morgan fingerprint density at radius 2 is 1.50 bits per heavy atom. The topological polar surface area (TPSA) is 27.7 Å². The van der Waals surface area contributed by atoms with E-state index >= 15 is 0 Å². The van der Waals surface area contributed by atoms with Crippen LogP contribution in [0.15, 0.2) is 0 Å². The molecule has 0 aromatic heterocycles. The lowest BCUT2D eigenvalue weighted by molar-refractivity contribution is -0.913. The summed E-state index contributed by atoms with van der Waals surface area (Å²) < 4.78 is 17.6. The van der Waals surface area contributed by atoms with Crippen molar-refractivity contribution in [3.8, 4) is 0 Å². The summed E-state index contributed by atoms with van der Waals surface area (Å²) in [6.45, 7) is 7.22. The van der Waals surface area contributed by atoms with Crippen LogP contribution in [0.1, 0.15) is 19.8 Å². The number of hydrogen-bond acceptors (Lipinski definition) is 3. The van der Waals surface area contributed by atoms with Gasteiger partial charge in [-0.3, -0.25) is 0 Å². The zero-order chi connectivity index (χ0) is 12.1. The van der Waals surface area contributed by atoms with E-state index < -0.39 is 8.80 Å². The van der Waals surface area contributed by atoms with Crippen molar-refractivity contribution in [2.75, 3.05) is 47.5 Å². The molecule has 4 nitrogen and oxygen atoms in total. The molecule has 16 heavy (non-hydrogen) atoms. The first-order valence-electron chi connectivity index (χ1n) is 6.16. The molecule has 0 unspecified atom stereocenters. The highest BCUT2D eigenvalue weighted by atomic mass is 28.4. The van der Waals surface area contributed by atoms with E-state index in [0.29, 0.717) is 0 Å². The van der Waals surface area contributed by atoms with E-state index in [4.69, 9.17) is 13.3 Å². The summed E-state index contributed by atoms with van der Waals surface area (Å²) in [5, 5.41) is 0. The molecule has 0 bridgehead atoms. The van der Waals surface area contributed by atoms with Gasteiger partial charge < -0.3 is 17.8 Å². The van der Waals surface area contributed by atoms with Crippen LogP contribution in [-0.4, -0.2) is 60.8 Å². The molecule has 1 saturated heterocycles. The first kappa shape index (κ1) is 14.1. The second kappa shape index (κ2) is 6.12. The van der Waals surface area contributed by atoms with Crippen LogP contribution < -0.4 is 0 Å². The fourth-order valence-electron chi connectivity index (χ4n) is 2.63. The van der Waals surface area contributed by atoms with E-state index in [1.54, 1.807) is 21.3 Å². The van der Waals surface area contributed by atoms with Gasteiger partial charge in [0.25, 0.3) is 0 Å². The molecule has 0 aliphatic carbocycles. The molecule has 0 N–H and O–H groups in total. The minimum absolute atomic E-state index is 0.921. The van der Waals surface area contributed by atoms with Gasteiger partial charge >= 0.3 is 8.80 Å². The van der Waals surface area contributed by atoms with Gasteiger partial charge in [0, 0.05) is 34.2 Å². The Morgan fingerprint density at radius 1 is 1.00 bits per heavy atom. The van der Waals surface area contributed by atoms with Crippen molar-refractivity contribution in [2.24, 2.45) is 0 Å². The molecule has 5 heteroatoms. The predicted molar refractivity (Wildman–Crippen MR) is 66.2 cm³/mol. The highest BCUT2D eigenvalue weighted by Crippen LogP contribution is 2.23. The molecule has 0 saturated carbocycles. The largest absolute Gasteiger partial charge is 0.505 e. The standard InChI is InChI=1S/C11H26NO3Si/c1-5-12(8-6-7-9-12)10-11-16(13-2,14-3)15-4/h5-11H2,1-4H3/q+1. The maximum absolute atomic E-state index is 5.47. The third-order valence-corrected chi connectivity index (χ3v) is 6.71. The lowest BCUT2D eigenvalue weighted by Gasteiger charge is -2.35. The number of hydrogen-bond donors (Lipinski definition) is 0. The SMILES string of the molecule is CC[N+]1(CC[Si](OC)(OC)OC)CCCC1. The van der Waals surface area contributed by atoms with E-state index in [9.17, 15) is 0 Å². The number of quaternary nitrogens is 1. The monoisotopic (exact) mass is 248 g/mol. The molecule has 1 aliphatic heterocycles. The van der Waals surface area contributed by atoms with Crippen LogP contribution >= 0.6 is 0 Å². The molecular weight excluding hydrogens is 222 g/mol. The van der Waals surface area contributed by atoms with Crippen LogP contribution in [0.2, 0.25) is 6.04 Å². The van der Waals surface area contributed by atoms with Gasteiger partial charge in [0.15, 0.2) is 0 Å². The minimum Gasteiger partial charge on any atom is -0.377 e. The van der Waals surface area contributed by atoms with Crippen molar-refractivity contribution in [1.82, 2.24) is 0 Å². The zero-order valence-corrected chi connectivity index (χ0v) is 12.1. The zero-order valence-electron chi connectivity index (χ0n) is 11.1. The summed E-state index contributed by atoms with van der Waals surface area (Å²) in [6, 6.07) is 0.921. The van der Waals surface area contributed by atoms with Crippen molar-refractivity contribution in [1.29, 1.82) is 0 Å². The maximum atomic E-state index is 5.47. The molecule has 0 aromatic carbocycles. The van der Waals surface area contributed by atoms with Crippen molar-refractivity contribution in [3.63, 3.8) is 0 Å². The van der Waals surface area contributed by atoms with Gasteiger partial charge in [0.1, 0.15) is 0 Å². The Kier molecular flexibility index (Phi) is 5.40. The molecule has 0 spiro atoms. The van der Waals surface area contributed by atoms with Gasteiger partial charge in [0.2, 0.25) is 0 Å². The van der Waals surface area contributed by atoms with E-state index in [2.05, 4.69) is 6.92 Å². The molecule has 0 radical (unpaired) electrons. The second-order valence-electron chi connectivity index (χ2n) is 4.58. The van der Waals surface area contributed by atoms with E-state index in [0.717, 1.165) is 12.6 Å². The normalized spacial score (nSPS) is 20.2. The fraction of sp³-hybridized carbons (Fsp3) is 1.00. The molecule has 1 heterocycles. The first-order valence-corrected chi connectivity index (χ1v) is 8.09.